The van der Waals surface area contributed by atoms with Crippen molar-refractivity contribution in [1.82, 2.24) is 9.78 Å². The van der Waals surface area contributed by atoms with Crippen LogP contribution in [-0.4, -0.2) is 28.5 Å². The summed E-state index contributed by atoms with van der Waals surface area (Å²) in [7, 11) is 1.71. The van der Waals surface area contributed by atoms with E-state index in [1.807, 2.05) is 13.8 Å². The number of nitrogens with zero attached hydrogens (tertiary/aromatic N) is 2. The molecule has 1 fully saturated rings. The van der Waals surface area contributed by atoms with Crippen molar-refractivity contribution in [2.24, 2.45) is 5.73 Å². The van der Waals surface area contributed by atoms with Crippen LogP contribution in [-0.2, 0) is 11.2 Å². The van der Waals surface area contributed by atoms with Crippen molar-refractivity contribution in [1.29, 1.82) is 0 Å². The number of hydrogen-bond donors (Lipinski definition) is 1. The van der Waals surface area contributed by atoms with Crippen LogP contribution in [0.3, 0.4) is 0 Å². The van der Waals surface area contributed by atoms with Crippen LogP contribution in [0, 0.1) is 0 Å². The van der Waals surface area contributed by atoms with E-state index in [1.165, 1.54) is 25.7 Å². The molecule has 4 heteroatoms. The van der Waals surface area contributed by atoms with Gasteiger partial charge in [-0.05, 0) is 32.8 Å². The number of hydrogen-bond acceptors (Lipinski definition) is 3. The molecule has 0 aromatic carbocycles. The molecule has 1 heterocycles. The maximum atomic E-state index is 6.18. The summed E-state index contributed by atoms with van der Waals surface area (Å²) in [5.41, 5.74) is 6.94. The number of methoxy groups -OCH3 is 1. The minimum Gasteiger partial charge on any atom is -0.377 e. The first kappa shape index (κ1) is 13.6. The van der Waals surface area contributed by atoms with E-state index in [0.29, 0.717) is 6.04 Å². The van der Waals surface area contributed by atoms with Crippen LogP contribution in [0.2, 0.25) is 0 Å². The van der Waals surface area contributed by atoms with Crippen molar-refractivity contribution < 1.29 is 4.74 Å². The van der Waals surface area contributed by atoms with Gasteiger partial charge in [0.05, 0.1) is 17.3 Å². The van der Waals surface area contributed by atoms with Crippen LogP contribution in [0.1, 0.15) is 51.3 Å². The maximum Gasteiger partial charge on any atom is 0.0776 e. The fourth-order valence-corrected chi connectivity index (χ4v) is 2.48. The van der Waals surface area contributed by atoms with Crippen molar-refractivity contribution in [3.63, 3.8) is 0 Å². The van der Waals surface area contributed by atoms with Gasteiger partial charge in [0.1, 0.15) is 0 Å². The third kappa shape index (κ3) is 2.93. The summed E-state index contributed by atoms with van der Waals surface area (Å²) in [4.78, 5) is 0. The summed E-state index contributed by atoms with van der Waals surface area (Å²) in [5, 5.41) is 4.66. The lowest BCUT2D eigenvalue weighted by atomic mass is 9.95. The standard InChI is InChI=1S/C14H25N3O/c1-14(2,18-3)13(15)10-11-8-9-17(16-11)12-6-4-5-7-12/h8-9,12-13H,4-7,10,15H2,1-3H3. The molecule has 2 N–H and O–H groups in total. The van der Waals surface area contributed by atoms with Crippen LogP contribution in [0.25, 0.3) is 0 Å². The highest BCUT2D eigenvalue weighted by Gasteiger charge is 2.27. The zero-order chi connectivity index (χ0) is 13.2. The zero-order valence-corrected chi connectivity index (χ0v) is 11.7. The fraction of sp³-hybridized carbons (Fsp3) is 0.786. The van der Waals surface area contributed by atoms with Crippen molar-refractivity contribution in [2.45, 2.75) is 63.6 Å². The van der Waals surface area contributed by atoms with Crippen LogP contribution in [0.5, 0.6) is 0 Å². The minimum atomic E-state index is -0.308. The van der Waals surface area contributed by atoms with Gasteiger partial charge in [0, 0.05) is 25.8 Å². The van der Waals surface area contributed by atoms with Gasteiger partial charge in [-0.1, -0.05) is 12.8 Å². The highest BCUT2D eigenvalue weighted by Crippen LogP contribution is 2.28. The average Bonchev–Trinajstić information content (AvgIpc) is 2.98. The van der Waals surface area contributed by atoms with E-state index in [-0.39, 0.29) is 11.6 Å². The second kappa shape index (κ2) is 5.41. The molecule has 0 aliphatic heterocycles. The Morgan fingerprint density at radius 2 is 2.17 bits per heavy atom. The molecule has 1 aromatic rings. The fourth-order valence-electron chi connectivity index (χ4n) is 2.48. The van der Waals surface area contributed by atoms with Crippen LogP contribution >= 0.6 is 0 Å². The lowest BCUT2D eigenvalue weighted by Crippen LogP contribution is -2.46. The van der Waals surface area contributed by atoms with E-state index in [4.69, 9.17) is 10.5 Å². The Labute approximate surface area is 110 Å². The van der Waals surface area contributed by atoms with Gasteiger partial charge in [-0.2, -0.15) is 5.10 Å². The second-order valence-corrected chi connectivity index (χ2v) is 5.84. The lowest BCUT2D eigenvalue weighted by Gasteiger charge is -2.29. The number of nitrogens with two attached hydrogens (primary N) is 1. The number of aromatic nitrogens is 2. The SMILES string of the molecule is COC(C)(C)C(N)Cc1ccn(C2CCCC2)n1. The Morgan fingerprint density at radius 1 is 1.50 bits per heavy atom. The van der Waals surface area contributed by atoms with E-state index >= 15 is 0 Å². The summed E-state index contributed by atoms with van der Waals surface area (Å²) in [5.74, 6) is 0. The van der Waals surface area contributed by atoms with Gasteiger partial charge in [-0.15, -0.1) is 0 Å². The van der Waals surface area contributed by atoms with Gasteiger partial charge >= 0.3 is 0 Å². The third-order valence-corrected chi connectivity index (χ3v) is 4.21. The van der Waals surface area contributed by atoms with E-state index in [0.717, 1.165) is 12.1 Å². The minimum absolute atomic E-state index is 0.0329. The molecular weight excluding hydrogens is 226 g/mol. The molecule has 102 valence electrons. The smallest absolute Gasteiger partial charge is 0.0776 e. The van der Waals surface area contributed by atoms with Crippen LogP contribution < -0.4 is 5.73 Å². The molecule has 1 saturated carbocycles. The average molecular weight is 251 g/mol. The molecule has 1 atom stereocenters. The highest BCUT2D eigenvalue weighted by atomic mass is 16.5. The molecule has 1 aliphatic carbocycles. The monoisotopic (exact) mass is 251 g/mol. The first-order chi connectivity index (χ1) is 8.53. The molecule has 0 spiro atoms. The quantitative estimate of drug-likeness (QED) is 0.873. The molecule has 18 heavy (non-hydrogen) atoms. The Morgan fingerprint density at radius 3 is 2.78 bits per heavy atom. The van der Waals surface area contributed by atoms with Gasteiger partial charge in [-0.25, -0.2) is 0 Å². The second-order valence-electron chi connectivity index (χ2n) is 5.84. The lowest BCUT2D eigenvalue weighted by molar-refractivity contribution is 0.000540. The predicted molar refractivity (Wildman–Crippen MR) is 72.5 cm³/mol. The number of ether oxygens (including phenoxy) is 1. The molecular formula is C14H25N3O. The zero-order valence-electron chi connectivity index (χ0n) is 11.7. The molecule has 0 saturated heterocycles. The predicted octanol–water partition coefficient (Wildman–Crippen LogP) is 2.29. The van der Waals surface area contributed by atoms with Gasteiger partial charge in [0.2, 0.25) is 0 Å². The van der Waals surface area contributed by atoms with Crippen molar-refractivity contribution in [2.75, 3.05) is 7.11 Å². The summed E-state index contributed by atoms with van der Waals surface area (Å²) in [6.45, 7) is 4.04. The largest absolute Gasteiger partial charge is 0.377 e. The van der Waals surface area contributed by atoms with E-state index in [2.05, 4.69) is 22.0 Å². The van der Waals surface area contributed by atoms with Gasteiger partial charge in [0.25, 0.3) is 0 Å². The first-order valence-corrected chi connectivity index (χ1v) is 6.87. The summed E-state index contributed by atoms with van der Waals surface area (Å²) < 4.78 is 7.54. The molecule has 1 unspecified atom stereocenters. The third-order valence-electron chi connectivity index (χ3n) is 4.21. The van der Waals surface area contributed by atoms with E-state index < -0.39 is 0 Å². The van der Waals surface area contributed by atoms with Gasteiger partial charge in [-0.3, -0.25) is 4.68 Å². The molecule has 1 aliphatic rings. The van der Waals surface area contributed by atoms with Crippen LogP contribution in [0.15, 0.2) is 12.3 Å². The number of rotatable bonds is 5. The Bertz CT molecular complexity index is 380. The summed E-state index contributed by atoms with van der Waals surface area (Å²) in [6, 6.07) is 2.66. The summed E-state index contributed by atoms with van der Waals surface area (Å²) in [6.07, 6.45) is 8.04. The Hall–Kier alpha value is -0.870. The van der Waals surface area contributed by atoms with E-state index in [9.17, 15) is 0 Å². The highest BCUT2D eigenvalue weighted by molar-refractivity contribution is 5.04. The summed E-state index contributed by atoms with van der Waals surface area (Å²) >= 11 is 0. The Kier molecular flexibility index (Phi) is 4.07. The maximum absolute atomic E-state index is 6.18. The van der Waals surface area contributed by atoms with E-state index in [1.54, 1.807) is 7.11 Å². The van der Waals surface area contributed by atoms with Crippen LogP contribution in [0.4, 0.5) is 0 Å². The molecule has 0 bridgehead atoms. The first-order valence-electron chi connectivity index (χ1n) is 6.87. The molecule has 2 rings (SSSR count). The molecule has 4 nitrogen and oxygen atoms in total. The van der Waals surface area contributed by atoms with Gasteiger partial charge < -0.3 is 10.5 Å². The molecule has 1 aromatic heterocycles. The van der Waals surface area contributed by atoms with Crippen molar-refractivity contribution in [3.05, 3.63) is 18.0 Å². The molecule has 0 radical (unpaired) electrons. The molecule has 0 amide bonds. The Balaban J connectivity index is 1.98. The normalized spacial score (nSPS) is 19.3. The van der Waals surface area contributed by atoms with Crippen molar-refractivity contribution in [3.8, 4) is 0 Å². The van der Waals surface area contributed by atoms with Crippen molar-refractivity contribution >= 4 is 0 Å². The topological polar surface area (TPSA) is 53.1 Å². The van der Waals surface area contributed by atoms with Gasteiger partial charge in [0.15, 0.2) is 0 Å².